The van der Waals surface area contributed by atoms with E-state index in [0.29, 0.717) is 6.04 Å². The van der Waals surface area contributed by atoms with Crippen LogP contribution in [0.15, 0.2) is 24.3 Å². The van der Waals surface area contributed by atoms with E-state index in [-0.39, 0.29) is 24.8 Å². The van der Waals surface area contributed by atoms with Gasteiger partial charge in [0.25, 0.3) is 0 Å². The molecule has 1 atom stereocenters. The van der Waals surface area contributed by atoms with E-state index in [0.717, 1.165) is 31.7 Å². The highest BCUT2D eigenvalue weighted by Gasteiger charge is 2.17. The van der Waals surface area contributed by atoms with E-state index >= 15 is 0 Å². The largest absolute Gasteiger partial charge is 0.314 e. The van der Waals surface area contributed by atoms with Gasteiger partial charge >= 0.3 is 0 Å². The molecule has 0 saturated carbocycles. The summed E-state index contributed by atoms with van der Waals surface area (Å²) >= 11 is 0. The molecule has 1 heterocycles. The molecule has 5 heteroatoms. The molecule has 0 bridgehead atoms. The summed E-state index contributed by atoms with van der Waals surface area (Å²) in [7, 11) is 0. The van der Waals surface area contributed by atoms with Crippen LogP contribution >= 0.6 is 24.8 Å². The van der Waals surface area contributed by atoms with Gasteiger partial charge < -0.3 is 5.32 Å². The van der Waals surface area contributed by atoms with E-state index in [1.54, 1.807) is 0 Å². The summed E-state index contributed by atoms with van der Waals surface area (Å²) in [6.45, 7) is 6.49. The van der Waals surface area contributed by atoms with Gasteiger partial charge in [-0.1, -0.05) is 12.1 Å². The van der Waals surface area contributed by atoms with Gasteiger partial charge in [0.15, 0.2) is 0 Å². The zero-order valence-electron chi connectivity index (χ0n) is 10.4. The molecule has 0 unspecified atom stereocenters. The van der Waals surface area contributed by atoms with Gasteiger partial charge in [0.1, 0.15) is 0 Å². The van der Waals surface area contributed by atoms with Crippen molar-refractivity contribution in [3.05, 3.63) is 35.4 Å². The highest BCUT2D eigenvalue weighted by molar-refractivity contribution is 5.85. The first-order valence-corrected chi connectivity index (χ1v) is 5.76. The first kappa shape index (κ1) is 17.2. The Kier molecular flexibility index (Phi) is 7.97. The maximum atomic E-state index is 8.88. The van der Waals surface area contributed by atoms with Crippen LogP contribution in [-0.2, 0) is 0 Å². The van der Waals surface area contributed by atoms with Crippen LogP contribution in [0.2, 0.25) is 0 Å². The molecule has 2 rings (SSSR count). The zero-order chi connectivity index (χ0) is 11.4. The van der Waals surface area contributed by atoms with E-state index < -0.39 is 0 Å². The van der Waals surface area contributed by atoms with Gasteiger partial charge in [-0.25, -0.2) is 0 Å². The summed E-state index contributed by atoms with van der Waals surface area (Å²) in [6.07, 6.45) is 0. The van der Waals surface area contributed by atoms with Gasteiger partial charge in [0.2, 0.25) is 0 Å². The van der Waals surface area contributed by atoms with Crippen molar-refractivity contribution in [2.75, 3.05) is 26.2 Å². The highest BCUT2D eigenvalue weighted by atomic mass is 35.5. The van der Waals surface area contributed by atoms with Crippen LogP contribution in [0, 0.1) is 11.3 Å². The van der Waals surface area contributed by atoms with Crippen molar-refractivity contribution in [1.29, 1.82) is 5.26 Å². The van der Waals surface area contributed by atoms with E-state index in [4.69, 9.17) is 5.26 Å². The van der Waals surface area contributed by atoms with Crippen LogP contribution in [0.5, 0.6) is 0 Å². The number of halogens is 2. The second-order valence-electron chi connectivity index (χ2n) is 4.20. The second kappa shape index (κ2) is 8.34. The topological polar surface area (TPSA) is 39.1 Å². The second-order valence-corrected chi connectivity index (χ2v) is 4.20. The minimum absolute atomic E-state index is 0. The van der Waals surface area contributed by atoms with E-state index in [9.17, 15) is 0 Å². The van der Waals surface area contributed by atoms with Crippen LogP contribution in [-0.4, -0.2) is 31.1 Å². The number of hydrogen-bond donors (Lipinski definition) is 1. The lowest BCUT2D eigenvalue weighted by molar-refractivity contribution is 0.185. The standard InChI is InChI=1S/C13H17N3.2ClH/c1-11(16-7-5-15-6-8-16)13-4-2-3-12(9-13)10-14;;/h2-4,9,11,15H,5-8H2,1H3;2*1H/t11-;;/m0../s1. The maximum Gasteiger partial charge on any atom is 0.0991 e. The molecular weight excluding hydrogens is 269 g/mol. The summed E-state index contributed by atoms with van der Waals surface area (Å²) in [5.41, 5.74) is 1.99. The van der Waals surface area contributed by atoms with Crippen molar-refractivity contribution >= 4 is 24.8 Å². The molecular formula is C13H19Cl2N3. The minimum atomic E-state index is 0. The molecule has 1 N–H and O–H groups in total. The van der Waals surface area contributed by atoms with Crippen molar-refractivity contribution in [3.8, 4) is 6.07 Å². The third kappa shape index (κ3) is 4.15. The van der Waals surface area contributed by atoms with Crippen molar-refractivity contribution in [2.45, 2.75) is 13.0 Å². The lowest BCUT2D eigenvalue weighted by atomic mass is 10.0. The Morgan fingerprint density at radius 2 is 1.94 bits per heavy atom. The Hall–Kier alpha value is -0.790. The predicted molar refractivity (Wildman–Crippen MR) is 78.5 cm³/mol. The van der Waals surface area contributed by atoms with E-state index in [2.05, 4.69) is 29.3 Å². The summed E-state index contributed by atoms with van der Waals surface area (Å²) < 4.78 is 0. The number of piperazine rings is 1. The van der Waals surface area contributed by atoms with Crippen LogP contribution < -0.4 is 5.32 Å². The molecule has 0 aliphatic carbocycles. The number of rotatable bonds is 2. The summed E-state index contributed by atoms with van der Waals surface area (Å²) in [5, 5.41) is 12.2. The Bertz CT molecular complexity index is 397. The summed E-state index contributed by atoms with van der Waals surface area (Å²) in [5.74, 6) is 0. The number of benzene rings is 1. The molecule has 1 aliphatic rings. The molecule has 0 aromatic heterocycles. The SMILES string of the molecule is C[C@@H](c1cccc(C#N)c1)N1CCNCC1.Cl.Cl. The van der Waals surface area contributed by atoms with Crippen LogP contribution in [0.4, 0.5) is 0 Å². The molecule has 1 aromatic carbocycles. The van der Waals surface area contributed by atoms with Crippen LogP contribution in [0.25, 0.3) is 0 Å². The molecule has 100 valence electrons. The average molecular weight is 288 g/mol. The Labute approximate surface area is 121 Å². The van der Waals surface area contributed by atoms with Crippen LogP contribution in [0.3, 0.4) is 0 Å². The number of nitrogens with zero attached hydrogens (tertiary/aromatic N) is 2. The number of nitriles is 1. The predicted octanol–water partition coefficient (Wildman–Crippen LogP) is 2.37. The van der Waals surface area contributed by atoms with Gasteiger partial charge in [-0.15, -0.1) is 24.8 Å². The zero-order valence-corrected chi connectivity index (χ0v) is 12.1. The summed E-state index contributed by atoms with van der Waals surface area (Å²) in [6, 6.07) is 10.5. The fraction of sp³-hybridized carbons (Fsp3) is 0.462. The fourth-order valence-corrected chi connectivity index (χ4v) is 2.15. The first-order valence-electron chi connectivity index (χ1n) is 5.76. The minimum Gasteiger partial charge on any atom is -0.314 e. The van der Waals surface area contributed by atoms with Crippen molar-refractivity contribution in [2.24, 2.45) is 0 Å². The van der Waals surface area contributed by atoms with Crippen molar-refractivity contribution in [3.63, 3.8) is 0 Å². The molecule has 1 aliphatic heterocycles. The van der Waals surface area contributed by atoms with Gasteiger partial charge in [-0.2, -0.15) is 5.26 Å². The van der Waals surface area contributed by atoms with Gasteiger partial charge in [-0.05, 0) is 24.6 Å². The molecule has 0 radical (unpaired) electrons. The Morgan fingerprint density at radius 1 is 1.28 bits per heavy atom. The summed E-state index contributed by atoms with van der Waals surface area (Å²) in [4.78, 5) is 2.45. The Balaban J connectivity index is 0.00000144. The van der Waals surface area contributed by atoms with Crippen molar-refractivity contribution < 1.29 is 0 Å². The molecule has 18 heavy (non-hydrogen) atoms. The molecule has 3 nitrogen and oxygen atoms in total. The van der Waals surface area contributed by atoms with Crippen molar-refractivity contribution in [1.82, 2.24) is 10.2 Å². The average Bonchev–Trinajstić information content (AvgIpc) is 2.39. The first-order chi connectivity index (χ1) is 7.81. The van der Waals surface area contributed by atoms with E-state index in [1.165, 1.54) is 5.56 Å². The van der Waals surface area contributed by atoms with E-state index in [1.807, 2.05) is 18.2 Å². The molecule has 0 spiro atoms. The quantitative estimate of drug-likeness (QED) is 0.908. The molecule has 1 saturated heterocycles. The normalized spacial score (nSPS) is 16.9. The lowest BCUT2D eigenvalue weighted by Crippen LogP contribution is -2.44. The van der Waals surface area contributed by atoms with Gasteiger partial charge in [0.05, 0.1) is 11.6 Å². The van der Waals surface area contributed by atoms with Gasteiger partial charge in [-0.3, -0.25) is 4.90 Å². The third-order valence-corrected chi connectivity index (χ3v) is 3.20. The monoisotopic (exact) mass is 287 g/mol. The van der Waals surface area contributed by atoms with Crippen LogP contribution in [0.1, 0.15) is 24.1 Å². The third-order valence-electron chi connectivity index (χ3n) is 3.20. The number of hydrogen-bond acceptors (Lipinski definition) is 3. The number of nitrogens with one attached hydrogen (secondary N) is 1. The molecule has 1 aromatic rings. The van der Waals surface area contributed by atoms with Gasteiger partial charge in [0, 0.05) is 32.2 Å². The fourth-order valence-electron chi connectivity index (χ4n) is 2.15. The maximum absolute atomic E-state index is 8.88. The Morgan fingerprint density at radius 3 is 2.56 bits per heavy atom. The molecule has 0 amide bonds. The lowest BCUT2D eigenvalue weighted by Gasteiger charge is -2.33. The highest BCUT2D eigenvalue weighted by Crippen LogP contribution is 2.20. The smallest absolute Gasteiger partial charge is 0.0991 e. The molecule has 1 fully saturated rings.